The van der Waals surface area contributed by atoms with Crippen LogP contribution in [0.15, 0.2) is 59.8 Å². The van der Waals surface area contributed by atoms with E-state index in [1.807, 2.05) is 62.4 Å². The average molecular weight is 413 g/mol. The van der Waals surface area contributed by atoms with Gasteiger partial charge in [0, 0.05) is 26.1 Å². The molecule has 6 heteroatoms. The third kappa shape index (κ3) is 6.83. The highest BCUT2D eigenvalue weighted by molar-refractivity contribution is 6.01. The van der Waals surface area contributed by atoms with E-state index in [4.69, 9.17) is 14.3 Å². The van der Waals surface area contributed by atoms with Crippen molar-refractivity contribution < 1.29 is 19.4 Å². The molecule has 0 unspecified atom stereocenters. The van der Waals surface area contributed by atoms with Gasteiger partial charge in [0.05, 0.1) is 31.6 Å². The summed E-state index contributed by atoms with van der Waals surface area (Å²) in [5.41, 5.74) is 3.17. The number of oxime groups is 1. The molecule has 2 atom stereocenters. The molecule has 0 saturated heterocycles. The van der Waals surface area contributed by atoms with E-state index in [1.54, 1.807) is 7.11 Å². The van der Waals surface area contributed by atoms with Crippen molar-refractivity contribution >= 4 is 5.71 Å². The van der Waals surface area contributed by atoms with Gasteiger partial charge in [-0.25, -0.2) is 0 Å². The lowest BCUT2D eigenvalue weighted by molar-refractivity contribution is -0.0194. The van der Waals surface area contributed by atoms with Crippen molar-refractivity contribution in [1.82, 2.24) is 4.90 Å². The summed E-state index contributed by atoms with van der Waals surface area (Å²) in [5.74, 6) is 0.822. The first-order valence-corrected chi connectivity index (χ1v) is 10.5. The maximum atomic E-state index is 10.5. The normalized spacial score (nSPS) is 17.1. The molecule has 1 heterocycles. The molecule has 162 valence electrons. The van der Waals surface area contributed by atoms with Gasteiger partial charge in [-0.3, -0.25) is 4.90 Å². The molecule has 3 rings (SSSR count). The topological polar surface area (TPSA) is 63.5 Å². The summed E-state index contributed by atoms with van der Waals surface area (Å²) in [6, 6.07) is 18.1. The fourth-order valence-electron chi connectivity index (χ4n) is 3.50. The fraction of sp³-hybridized carbons (Fsp3) is 0.458. The lowest BCUT2D eigenvalue weighted by Gasteiger charge is -2.27. The van der Waals surface area contributed by atoms with Gasteiger partial charge in [0.1, 0.15) is 11.9 Å². The van der Waals surface area contributed by atoms with E-state index in [2.05, 4.69) is 16.1 Å². The smallest absolute Gasteiger partial charge is 0.145 e. The summed E-state index contributed by atoms with van der Waals surface area (Å²) >= 11 is 0. The first-order chi connectivity index (χ1) is 14.5. The van der Waals surface area contributed by atoms with Crippen molar-refractivity contribution in [2.75, 3.05) is 26.8 Å². The van der Waals surface area contributed by atoms with Crippen LogP contribution in [0.4, 0.5) is 0 Å². The number of hydrogen-bond acceptors (Lipinski definition) is 6. The Morgan fingerprint density at radius 1 is 1.17 bits per heavy atom. The Labute approximate surface area is 179 Å². The highest BCUT2D eigenvalue weighted by atomic mass is 16.6. The van der Waals surface area contributed by atoms with Crippen molar-refractivity contribution in [3.05, 3.63) is 65.7 Å². The molecule has 0 fully saturated rings. The highest BCUT2D eigenvalue weighted by Gasteiger charge is 2.26. The van der Waals surface area contributed by atoms with Crippen LogP contribution in [0, 0.1) is 0 Å². The van der Waals surface area contributed by atoms with Crippen LogP contribution < -0.4 is 4.74 Å². The molecule has 0 bridgehead atoms. The van der Waals surface area contributed by atoms with Gasteiger partial charge in [0.25, 0.3) is 0 Å². The van der Waals surface area contributed by atoms with Crippen LogP contribution in [0.2, 0.25) is 0 Å². The third-order valence-corrected chi connectivity index (χ3v) is 4.93. The van der Waals surface area contributed by atoms with Gasteiger partial charge >= 0.3 is 0 Å². The van der Waals surface area contributed by atoms with E-state index in [0.29, 0.717) is 26.2 Å². The van der Waals surface area contributed by atoms with Crippen LogP contribution in [0.5, 0.6) is 5.75 Å². The summed E-state index contributed by atoms with van der Waals surface area (Å²) in [4.78, 5) is 7.91. The van der Waals surface area contributed by atoms with Crippen molar-refractivity contribution in [2.24, 2.45) is 5.16 Å². The number of aliphatic hydroxyl groups is 1. The summed E-state index contributed by atoms with van der Waals surface area (Å²) in [6.07, 6.45) is 0.210. The van der Waals surface area contributed by atoms with E-state index in [9.17, 15) is 5.11 Å². The monoisotopic (exact) mass is 412 g/mol. The summed E-state index contributed by atoms with van der Waals surface area (Å²) in [5, 5.41) is 14.8. The Balaban J connectivity index is 1.63. The first-order valence-electron chi connectivity index (χ1n) is 10.5. The van der Waals surface area contributed by atoms with Gasteiger partial charge in [0.2, 0.25) is 0 Å². The zero-order chi connectivity index (χ0) is 21.3. The van der Waals surface area contributed by atoms with Gasteiger partial charge in [-0.05, 0) is 37.1 Å². The first kappa shape index (κ1) is 22.3. The van der Waals surface area contributed by atoms with E-state index >= 15 is 0 Å². The number of nitrogens with zero attached hydrogens (tertiary/aromatic N) is 2. The second-order valence-corrected chi connectivity index (χ2v) is 7.92. The number of methoxy groups -OCH3 is 1. The number of ether oxygens (including phenoxy) is 2. The molecule has 1 aliphatic rings. The standard InChI is InChI=1S/C24H32N2O4/c1-18(2)29-17-21(27)15-26(14-19-8-7-11-22(12-19)28-3)16-23-13-24(25-30-23)20-9-5-4-6-10-20/h4-12,18,21,23,27H,13-17H2,1-3H3/t21-,23-/m0/s1. The van der Waals surface area contributed by atoms with Crippen LogP contribution in [-0.2, 0) is 16.1 Å². The Kier molecular flexibility index (Phi) is 8.25. The average Bonchev–Trinajstić information content (AvgIpc) is 3.21. The molecule has 0 amide bonds. The molecule has 0 radical (unpaired) electrons. The molecule has 0 aliphatic carbocycles. The van der Waals surface area contributed by atoms with Gasteiger partial charge < -0.3 is 19.4 Å². The van der Waals surface area contributed by atoms with Crippen LogP contribution in [0.25, 0.3) is 0 Å². The molecule has 0 spiro atoms. The summed E-state index contributed by atoms with van der Waals surface area (Å²) in [6.45, 7) is 6.07. The minimum absolute atomic E-state index is 0.0518. The minimum Gasteiger partial charge on any atom is -0.497 e. The molecule has 2 aromatic rings. The zero-order valence-electron chi connectivity index (χ0n) is 18.0. The summed E-state index contributed by atoms with van der Waals surface area (Å²) in [7, 11) is 1.67. The van der Waals surface area contributed by atoms with Gasteiger partial charge in [0.15, 0.2) is 0 Å². The Morgan fingerprint density at radius 3 is 2.70 bits per heavy atom. The third-order valence-electron chi connectivity index (χ3n) is 4.93. The minimum atomic E-state index is -0.575. The molecule has 1 N–H and O–H groups in total. The predicted molar refractivity (Wildman–Crippen MR) is 118 cm³/mol. The van der Waals surface area contributed by atoms with Crippen molar-refractivity contribution in [3.63, 3.8) is 0 Å². The lowest BCUT2D eigenvalue weighted by atomic mass is 10.0. The van der Waals surface area contributed by atoms with E-state index in [-0.39, 0.29) is 12.2 Å². The number of hydrogen-bond donors (Lipinski definition) is 1. The van der Waals surface area contributed by atoms with Crippen molar-refractivity contribution in [1.29, 1.82) is 0 Å². The molecule has 0 saturated carbocycles. The van der Waals surface area contributed by atoms with Crippen LogP contribution in [0.3, 0.4) is 0 Å². The van der Waals surface area contributed by atoms with E-state index in [1.165, 1.54) is 0 Å². The number of rotatable bonds is 11. The zero-order valence-corrected chi connectivity index (χ0v) is 18.0. The second-order valence-electron chi connectivity index (χ2n) is 7.92. The Hall–Kier alpha value is -2.41. The van der Waals surface area contributed by atoms with E-state index in [0.717, 1.165) is 29.0 Å². The van der Waals surface area contributed by atoms with Crippen LogP contribution in [-0.4, -0.2) is 60.8 Å². The van der Waals surface area contributed by atoms with Crippen LogP contribution >= 0.6 is 0 Å². The maximum absolute atomic E-state index is 10.5. The SMILES string of the molecule is COc1cccc(CN(C[C@H](O)COC(C)C)C[C@@H]2CC(c3ccccc3)=NO2)c1. The molecule has 0 aromatic heterocycles. The Bertz CT molecular complexity index is 810. The largest absolute Gasteiger partial charge is 0.497 e. The van der Waals surface area contributed by atoms with Gasteiger partial charge in [-0.1, -0.05) is 47.6 Å². The fourth-order valence-corrected chi connectivity index (χ4v) is 3.50. The molecule has 1 aliphatic heterocycles. The molecular weight excluding hydrogens is 380 g/mol. The molecule has 6 nitrogen and oxygen atoms in total. The number of benzene rings is 2. The Morgan fingerprint density at radius 2 is 1.97 bits per heavy atom. The van der Waals surface area contributed by atoms with Crippen molar-refractivity contribution in [2.45, 2.75) is 45.1 Å². The van der Waals surface area contributed by atoms with Crippen molar-refractivity contribution in [3.8, 4) is 5.75 Å². The maximum Gasteiger partial charge on any atom is 0.145 e. The molecule has 2 aromatic carbocycles. The van der Waals surface area contributed by atoms with Crippen LogP contribution in [0.1, 0.15) is 31.4 Å². The molecular formula is C24H32N2O4. The number of aliphatic hydroxyl groups excluding tert-OH is 1. The van der Waals surface area contributed by atoms with Gasteiger partial charge in [-0.2, -0.15) is 0 Å². The quantitative estimate of drug-likeness (QED) is 0.612. The second kappa shape index (κ2) is 11.1. The van der Waals surface area contributed by atoms with E-state index < -0.39 is 6.10 Å². The lowest BCUT2D eigenvalue weighted by Crippen LogP contribution is -2.39. The summed E-state index contributed by atoms with van der Waals surface area (Å²) < 4.78 is 10.9. The molecule has 30 heavy (non-hydrogen) atoms. The predicted octanol–water partition coefficient (Wildman–Crippen LogP) is 3.48. The van der Waals surface area contributed by atoms with Gasteiger partial charge in [-0.15, -0.1) is 0 Å². The highest BCUT2D eigenvalue weighted by Crippen LogP contribution is 2.20.